The first-order chi connectivity index (χ1) is 14.7. The van der Waals surface area contributed by atoms with Crippen molar-refractivity contribution in [3.63, 3.8) is 0 Å². The third-order valence-electron chi connectivity index (χ3n) is 6.77. The van der Waals surface area contributed by atoms with Gasteiger partial charge in [-0.05, 0) is 47.9 Å². The van der Waals surface area contributed by atoms with Gasteiger partial charge in [-0.2, -0.15) is 5.26 Å². The average Bonchev–Trinajstić information content (AvgIpc) is 2.78. The number of hydrogen-bond donors (Lipinski definition) is 0. The first-order valence-electron chi connectivity index (χ1n) is 11.9. The zero-order valence-corrected chi connectivity index (χ0v) is 19.2. The van der Waals surface area contributed by atoms with Crippen LogP contribution in [0.4, 0.5) is 0 Å². The van der Waals surface area contributed by atoms with Crippen molar-refractivity contribution in [3.8, 4) is 6.07 Å². The van der Waals surface area contributed by atoms with Gasteiger partial charge in [-0.15, -0.1) is 0 Å². The molecule has 0 spiro atoms. The minimum Gasteiger partial charge on any atom is -0.264 e. The van der Waals surface area contributed by atoms with Crippen LogP contribution in [-0.2, 0) is 0 Å². The molecule has 1 saturated carbocycles. The second kappa shape index (κ2) is 12.2. The monoisotopic (exact) mass is 425 g/mol. The van der Waals surface area contributed by atoms with E-state index in [2.05, 4.69) is 18.0 Å². The van der Waals surface area contributed by atoms with Crippen molar-refractivity contribution in [2.24, 2.45) is 16.8 Å². The van der Waals surface area contributed by atoms with Gasteiger partial charge >= 0.3 is 0 Å². The molecule has 2 aliphatic rings. The predicted octanol–water partition coefficient (Wildman–Crippen LogP) is 7.93. The number of allylic oxidation sites excluding steroid dienone is 1. The second-order valence-electron chi connectivity index (χ2n) is 9.06. The van der Waals surface area contributed by atoms with Crippen molar-refractivity contribution in [2.75, 3.05) is 0 Å². The molecule has 1 aromatic carbocycles. The summed E-state index contributed by atoms with van der Waals surface area (Å²) in [5.74, 6) is 1.83. The number of halogens is 1. The van der Waals surface area contributed by atoms with Crippen LogP contribution in [0.2, 0.25) is 0 Å². The van der Waals surface area contributed by atoms with Crippen molar-refractivity contribution < 1.29 is 0 Å². The SMILES string of the molecule is CCCCCCC[C@H]1CC[C@H](CCC2=CN(Cl)C(c3ccc(C#N)cc3)N=C2)CC1. The fraction of sp³-hybridized carbons (Fsp3) is 0.615. The lowest BCUT2D eigenvalue weighted by atomic mass is 9.77. The summed E-state index contributed by atoms with van der Waals surface area (Å²) in [5, 5.41) is 8.95. The summed E-state index contributed by atoms with van der Waals surface area (Å²) in [6.45, 7) is 2.29. The standard InChI is InChI=1S/C26H36ClN3/c1-2-3-4-5-6-7-21-8-10-22(11-9-21)12-13-24-19-29-26(30(27)20-24)25-16-14-23(18-28)15-17-25/h14-17,19-22,26H,2-13H2,1H3/t21-,22-,26?. The molecule has 1 aliphatic heterocycles. The van der Waals surface area contributed by atoms with Gasteiger partial charge in [0.2, 0.25) is 0 Å². The molecule has 3 rings (SSSR count). The number of rotatable bonds is 10. The van der Waals surface area contributed by atoms with Gasteiger partial charge in [0, 0.05) is 24.2 Å². The summed E-state index contributed by atoms with van der Waals surface area (Å²) in [6, 6.07) is 9.63. The molecule has 0 N–H and O–H groups in total. The molecule has 0 bridgehead atoms. The first-order valence-corrected chi connectivity index (χ1v) is 12.2. The lowest BCUT2D eigenvalue weighted by molar-refractivity contribution is 0.249. The maximum absolute atomic E-state index is 8.95. The molecule has 30 heavy (non-hydrogen) atoms. The molecule has 3 nitrogen and oxygen atoms in total. The molecular formula is C26H36ClN3. The Balaban J connectivity index is 1.37. The largest absolute Gasteiger partial charge is 0.264 e. The van der Waals surface area contributed by atoms with Crippen LogP contribution < -0.4 is 0 Å². The van der Waals surface area contributed by atoms with E-state index in [4.69, 9.17) is 17.0 Å². The van der Waals surface area contributed by atoms with Crippen molar-refractivity contribution in [3.05, 3.63) is 47.2 Å². The molecule has 1 fully saturated rings. The normalized spacial score (nSPS) is 23.8. The van der Waals surface area contributed by atoms with Crippen molar-refractivity contribution >= 4 is 18.0 Å². The molecule has 1 atom stereocenters. The van der Waals surface area contributed by atoms with E-state index in [1.807, 2.05) is 36.7 Å². The van der Waals surface area contributed by atoms with Crippen LogP contribution >= 0.6 is 11.8 Å². The summed E-state index contributed by atoms with van der Waals surface area (Å²) in [4.78, 5) is 4.67. The zero-order valence-electron chi connectivity index (χ0n) is 18.4. The van der Waals surface area contributed by atoms with E-state index in [1.54, 1.807) is 4.42 Å². The van der Waals surface area contributed by atoms with Crippen LogP contribution in [0.1, 0.15) is 101 Å². The number of benzene rings is 1. The Hall–Kier alpha value is -1.79. The topological polar surface area (TPSA) is 39.4 Å². The van der Waals surface area contributed by atoms with Crippen molar-refractivity contribution in [2.45, 2.75) is 90.1 Å². The maximum atomic E-state index is 8.95. The van der Waals surface area contributed by atoms with Crippen molar-refractivity contribution in [1.29, 1.82) is 5.26 Å². The van der Waals surface area contributed by atoms with Gasteiger partial charge in [0.1, 0.15) is 0 Å². The average molecular weight is 426 g/mol. The van der Waals surface area contributed by atoms with E-state index >= 15 is 0 Å². The van der Waals surface area contributed by atoms with E-state index in [0.717, 1.165) is 23.8 Å². The molecule has 1 aromatic rings. The van der Waals surface area contributed by atoms with Gasteiger partial charge in [-0.1, -0.05) is 83.3 Å². The zero-order chi connectivity index (χ0) is 21.2. The lowest BCUT2D eigenvalue weighted by Crippen LogP contribution is -2.18. The van der Waals surface area contributed by atoms with Crippen LogP contribution in [-0.4, -0.2) is 10.6 Å². The highest BCUT2D eigenvalue weighted by Gasteiger charge is 2.22. The van der Waals surface area contributed by atoms with E-state index in [-0.39, 0.29) is 6.17 Å². The third kappa shape index (κ3) is 6.88. The molecule has 0 saturated heterocycles. The number of aliphatic imine (C=N–C) groups is 1. The Morgan fingerprint density at radius 3 is 2.30 bits per heavy atom. The number of hydrogen-bond acceptors (Lipinski definition) is 3. The van der Waals surface area contributed by atoms with Crippen molar-refractivity contribution in [1.82, 2.24) is 4.42 Å². The van der Waals surface area contributed by atoms with Gasteiger partial charge in [0.25, 0.3) is 0 Å². The minimum absolute atomic E-state index is 0.212. The summed E-state index contributed by atoms with van der Waals surface area (Å²) in [7, 11) is 0. The van der Waals surface area contributed by atoms with Crippen LogP contribution in [0.25, 0.3) is 0 Å². The van der Waals surface area contributed by atoms with E-state index in [1.165, 1.54) is 76.2 Å². The molecular weight excluding hydrogens is 390 g/mol. The first kappa shape index (κ1) is 22.9. The summed E-state index contributed by atoms with van der Waals surface area (Å²) < 4.78 is 1.67. The fourth-order valence-electron chi connectivity index (χ4n) is 4.80. The van der Waals surface area contributed by atoms with E-state index < -0.39 is 0 Å². The number of nitrogens with zero attached hydrogens (tertiary/aromatic N) is 3. The minimum atomic E-state index is -0.212. The molecule has 1 heterocycles. The molecule has 1 aliphatic carbocycles. The third-order valence-corrected chi connectivity index (χ3v) is 7.05. The maximum Gasteiger partial charge on any atom is 0.161 e. The summed E-state index contributed by atoms with van der Waals surface area (Å²) in [6.07, 6.45) is 20.2. The smallest absolute Gasteiger partial charge is 0.161 e. The molecule has 1 unspecified atom stereocenters. The molecule has 4 heteroatoms. The fourth-order valence-corrected chi connectivity index (χ4v) is 5.08. The number of nitriles is 1. The van der Waals surface area contributed by atoms with Crippen LogP contribution in [0, 0.1) is 23.2 Å². The Morgan fingerprint density at radius 2 is 1.67 bits per heavy atom. The van der Waals surface area contributed by atoms with Crippen LogP contribution in [0.15, 0.2) is 41.0 Å². The molecule has 0 aromatic heterocycles. The highest BCUT2D eigenvalue weighted by molar-refractivity contribution is 6.14. The lowest BCUT2D eigenvalue weighted by Gasteiger charge is -2.29. The Bertz CT molecular complexity index is 739. The highest BCUT2D eigenvalue weighted by Crippen LogP contribution is 2.36. The Kier molecular flexibility index (Phi) is 9.27. The van der Waals surface area contributed by atoms with E-state index in [9.17, 15) is 0 Å². The van der Waals surface area contributed by atoms with E-state index in [0.29, 0.717) is 5.56 Å². The highest BCUT2D eigenvalue weighted by atomic mass is 35.5. The molecule has 162 valence electrons. The van der Waals surface area contributed by atoms with Gasteiger partial charge < -0.3 is 0 Å². The molecule has 0 amide bonds. The van der Waals surface area contributed by atoms with Gasteiger partial charge in [0.15, 0.2) is 6.17 Å². The predicted molar refractivity (Wildman–Crippen MR) is 126 cm³/mol. The molecule has 0 radical (unpaired) electrons. The Labute approximate surface area is 187 Å². The summed E-state index contributed by atoms with van der Waals surface area (Å²) in [5.41, 5.74) is 2.87. The van der Waals surface area contributed by atoms with Crippen LogP contribution in [0.5, 0.6) is 0 Å². The summed E-state index contributed by atoms with van der Waals surface area (Å²) >= 11 is 6.48. The van der Waals surface area contributed by atoms with Gasteiger partial charge in [-0.3, -0.25) is 9.41 Å². The van der Waals surface area contributed by atoms with Crippen LogP contribution in [0.3, 0.4) is 0 Å². The quantitative estimate of drug-likeness (QED) is 0.282. The Morgan fingerprint density at radius 1 is 1.00 bits per heavy atom. The van der Waals surface area contributed by atoms with Gasteiger partial charge in [0.05, 0.1) is 11.6 Å². The van der Waals surface area contributed by atoms with Gasteiger partial charge in [-0.25, -0.2) is 0 Å². The second-order valence-corrected chi connectivity index (χ2v) is 9.45. The number of unbranched alkanes of at least 4 members (excludes halogenated alkanes) is 4.